The summed E-state index contributed by atoms with van der Waals surface area (Å²) in [5, 5.41) is 17.9. The standard InChI is InChI=1S/C10H19NO2/c1-2-3-4-5-6-7-10(13)9(11)8-12/h2-3,6-7,9-10,12-13H,4-5,8,11H2,1H3/b3-2-,7-6+. The Morgan fingerprint density at radius 1 is 1.31 bits per heavy atom. The molecule has 3 nitrogen and oxygen atoms in total. The quantitative estimate of drug-likeness (QED) is 0.419. The summed E-state index contributed by atoms with van der Waals surface area (Å²) in [7, 11) is 0. The number of unbranched alkanes of at least 4 members (excludes halogenated alkanes) is 1. The molecule has 0 aliphatic carbocycles. The SMILES string of the molecule is C/C=C\CC/C=C/C(O)C(N)CO. The van der Waals surface area contributed by atoms with Crippen LogP contribution in [0.5, 0.6) is 0 Å². The van der Waals surface area contributed by atoms with Crippen LogP contribution in [-0.2, 0) is 0 Å². The van der Waals surface area contributed by atoms with E-state index in [9.17, 15) is 5.11 Å². The Morgan fingerprint density at radius 2 is 1.92 bits per heavy atom. The van der Waals surface area contributed by atoms with E-state index in [0.717, 1.165) is 12.8 Å². The zero-order valence-electron chi connectivity index (χ0n) is 8.06. The summed E-state index contributed by atoms with van der Waals surface area (Å²) in [6.45, 7) is 1.78. The topological polar surface area (TPSA) is 66.5 Å². The van der Waals surface area contributed by atoms with E-state index < -0.39 is 12.1 Å². The highest BCUT2D eigenvalue weighted by Gasteiger charge is 2.08. The van der Waals surface area contributed by atoms with E-state index in [1.165, 1.54) is 0 Å². The summed E-state index contributed by atoms with van der Waals surface area (Å²) in [5.74, 6) is 0. The normalized spacial score (nSPS) is 16.9. The number of nitrogens with two attached hydrogens (primary N) is 1. The second-order valence-corrected chi connectivity index (χ2v) is 2.91. The van der Waals surface area contributed by atoms with Gasteiger partial charge < -0.3 is 15.9 Å². The van der Waals surface area contributed by atoms with Gasteiger partial charge in [0.2, 0.25) is 0 Å². The van der Waals surface area contributed by atoms with Crippen LogP contribution in [0.2, 0.25) is 0 Å². The molecule has 0 radical (unpaired) electrons. The lowest BCUT2D eigenvalue weighted by Crippen LogP contribution is -2.36. The van der Waals surface area contributed by atoms with Crippen LogP contribution in [0.3, 0.4) is 0 Å². The van der Waals surface area contributed by atoms with Gasteiger partial charge >= 0.3 is 0 Å². The molecule has 0 spiro atoms. The minimum absolute atomic E-state index is 0.194. The van der Waals surface area contributed by atoms with Gasteiger partial charge in [0, 0.05) is 0 Å². The van der Waals surface area contributed by atoms with E-state index in [2.05, 4.69) is 6.08 Å². The van der Waals surface area contributed by atoms with Crippen LogP contribution in [0, 0.1) is 0 Å². The van der Waals surface area contributed by atoms with Crippen LogP contribution < -0.4 is 5.73 Å². The average Bonchev–Trinajstić information content (AvgIpc) is 2.16. The smallest absolute Gasteiger partial charge is 0.0894 e. The Hall–Kier alpha value is -0.640. The van der Waals surface area contributed by atoms with Gasteiger partial charge in [-0.1, -0.05) is 24.3 Å². The third-order valence-electron chi connectivity index (χ3n) is 1.72. The molecule has 0 saturated carbocycles. The zero-order valence-corrected chi connectivity index (χ0v) is 8.06. The lowest BCUT2D eigenvalue weighted by Gasteiger charge is -2.11. The van der Waals surface area contributed by atoms with Crippen LogP contribution in [-0.4, -0.2) is 29.0 Å². The van der Waals surface area contributed by atoms with Crippen molar-refractivity contribution in [1.29, 1.82) is 0 Å². The highest BCUT2D eigenvalue weighted by molar-refractivity contribution is 4.94. The lowest BCUT2D eigenvalue weighted by atomic mass is 10.1. The number of hydrogen-bond acceptors (Lipinski definition) is 3. The van der Waals surface area contributed by atoms with Gasteiger partial charge in [-0.2, -0.15) is 0 Å². The van der Waals surface area contributed by atoms with E-state index in [4.69, 9.17) is 10.8 Å². The molecule has 0 rings (SSSR count). The zero-order chi connectivity index (χ0) is 10.1. The Balaban J connectivity index is 3.58. The van der Waals surface area contributed by atoms with E-state index in [-0.39, 0.29) is 6.61 Å². The average molecular weight is 185 g/mol. The van der Waals surface area contributed by atoms with Gasteiger partial charge in [0.15, 0.2) is 0 Å². The minimum atomic E-state index is -0.740. The number of hydrogen-bond donors (Lipinski definition) is 3. The van der Waals surface area contributed by atoms with Crippen molar-refractivity contribution in [3.8, 4) is 0 Å². The molecule has 0 aliphatic heterocycles. The molecule has 2 atom stereocenters. The van der Waals surface area contributed by atoms with Gasteiger partial charge in [-0.3, -0.25) is 0 Å². The molecule has 0 fully saturated rings. The molecule has 0 bridgehead atoms. The Morgan fingerprint density at radius 3 is 2.46 bits per heavy atom. The molecular weight excluding hydrogens is 166 g/mol. The Kier molecular flexibility index (Phi) is 7.59. The van der Waals surface area contributed by atoms with E-state index in [0.29, 0.717) is 0 Å². The van der Waals surface area contributed by atoms with E-state index in [1.54, 1.807) is 6.08 Å². The molecule has 0 aromatic heterocycles. The first-order chi connectivity index (χ1) is 6.22. The fourth-order valence-corrected chi connectivity index (χ4v) is 0.845. The second kappa shape index (κ2) is 7.98. The predicted octanol–water partition coefficient (Wildman–Crippen LogP) is 0.579. The highest BCUT2D eigenvalue weighted by atomic mass is 16.3. The van der Waals surface area contributed by atoms with E-state index >= 15 is 0 Å². The molecule has 0 amide bonds. The van der Waals surface area contributed by atoms with Crippen LogP contribution in [0.1, 0.15) is 19.8 Å². The van der Waals surface area contributed by atoms with Crippen molar-refractivity contribution in [2.75, 3.05) is 6.61 Å². The molecule has 0 saturated heterocycles. The summed E-state index contributed by atoms with van der Waals surface area (Å²) in [4.78, 5) is 0. The van der Waals surface area contributed by atoms with Crippen molar-refractivity contribution < 1.29 is 10.2 Å². The molecule has 4 N–H and O–H groups in total. The van der Waals surface area contributed by atoms with Gasteiger partial charge in [-0.15, -0.1) is 0 Å². The molecule has 0 aliphatic rings. The Labute approximate surface area is 79.6 Å². The van der Waals surface area contributed by atoms with Crippen molar-refractivity contribution in [1.82, 2.24) is 0 Å². The molecule has 13 heavy (non-hydrogen) atoms. The molecule has 2 unspecified atom stereocenters. The molecule has 0 heterocycles. The lowest BCUT2D eigenvalue weighted by molar-refractivity contribution is 0.144. The van der Waals surface area contributed by atoms with Crippen molar-refractivity contribution >= 4 is 0 Å². The van der Waals surface area contributed by atoms with Gasteiger partial charge in [0.25, 0.3) is 0 Å². The first-order valence-corrected chi connectivity index (χ1v) is 4.54. The summed E-state index contributed by atoms with van der Waals surface area (Å²) in [5.41, 5.74) is 5.39. The first kappa shape index (κ1) is 12.4. The number of allylic oxidation sites excluding steroid dienone is 3. The molecule has 0 aromatic carbocycles. The first-order valence-electron chi connectivity index (χ1n) is 4.54. The fraction of sp³-hybridized carbons (Fsp3) is 0.600. The summed E-state index contributed by atoms with van der Waals surface area (Å²) < 4.78 is 0. The third-order valence-corrected chi connectivity index (χ3v) is 1.72. The van der Waals surface area contributed by atoms with Crippen LogP contribution >= 0.6 is 0 Å². The van der Waals surface area contributed by atoms with Crippen molar-refractivity contribution in [3.05, 3.63) is 24.3 Å². The maximum atomic E-state index is 9.28. The molecule has 0 aromatic rings. The van der Waals surface area contributed by atoms with Crippen LogP contribution in [0.4, 0.5) is 0 Å². The molecule has 3 heteroatoms. The van der Waals surface area contributed by atoms with Crippen molar-refractivity contribution in [3.63, 3.8) is 0 Å². The Bertz CT molecular complexity index is 166. The van der Waals surface area contributed by atoms with Crippen LogP contribution in [0.15, 0.2) is 24.3 Å². The number of aliphatic hydroxyl groups is 2. The van der Waals surface area contributed by atoms with E-state index in [1.807, 2.05) is 19.1 Å². The summed E-state index contributed by atoms with van der Waals surface area (Å²) >= 11 is 0. The van der Waals surface area contributed by atoms with Crippen LogP contribution in [0.25, 0.3) is 0 Å². The number of aliphatic hydroxyl groups excluding tert-OH is 2. The van der Waals surface area contributed by atoms with Gasteiger partial charge in [-0.05, 0) is 19.8 Å². The highest BCUT2D eigenvalue weighted by Crippen LogP contribution is 1.97. The summed E-state index contributed by atoms with van der Waals surface area (Å²) in [6.07, 6.45) is 8.67. The number of rotatable bonds is 6. The largest absolute Gasteiger partial charge is 0.395 e. The monoisotopic (exact) mass is 185 g/mol. The second-order valence-electron chi connectivity index (χ2n) is 2.91. The van der Waals surface area contributed by atoms with Gasteiger partial charge in [0.1, 0.15) is 0 Å². The van der Waals surface area contributed by atoms with Gasteiger partial charge in [0.05, 0.1) is 18.8 Å². The maximum Gasteiger partial charge on any atom is 0.0894 e. The molecule has 76 valence electrons. The van der Waals surface area contributed by atoms with Crippen molar-refractivity contribution in [2.45, 2.75) is 31.9 Å². The third kappa shape index (κ3) is 6.51. The maximum absolute atomic E-state index is 9.28. The van der Waals surface area contributed by atoms with Gasteiger partial charge in [-0.25, -0.2) is 0 Å². The summed E-state index contributed by atoms with van der Waals surface area (Å²) in [6, 6.07) is -0.571. The van der Waals surface area contributed by atoms with Crippen molar-refractivity contribution in [2.24, 2.45) is 5.73 Å². The molecular formula is C10H19NO2. The predicted molar refractivity (Wildman–Crippen MR) is 54.3 cm³/mol. The fourth-order valence-electron chi connectivity index (χ4n) is 0.845. The minimum Gasteiger partial charge on any atom is -0.395 e.